The third kappa shape index (κ3) is 5.29. The second kappa shape index (κ2) is 10.7. The lowest BCUT2D eigenvalue weighted by Gasteiger charge is -2.31. The molecule has 10 heteroatoms. The molecule has 4 aromatic rings. The number of rotatable bonds is 7. The zero-order valence-electron chi connectivity index (χ0n) is 18.8. The summed E-state index contributed by atoms with van der Waals surface area (Å²) in [6, 6.07) is 11.4. The smallest absolute Gasteiger partial charge is 0.276 e. The number of thiazole rings is 2. The number of carbonyl (C=O) groups excluding carboxylic acids is 2. The maximum absolute atomic E-state index is 13.1. The summed E-state index contributed by atoms with van der Waals surface area (Å²) in [6.45, 7) is 5.04. The van der Waals surface area contributed by atoms with Gasteiger partial charge >= 0.3 is 0 Å². The van der Waals surface area contributed by atoms with Gasteiger partial charge in [-0.25, -0.2) is 15.0 Å². The lowest BCUT2D eigenvalue weighted by atomic mass is 9.97. The first-order valence-electron chi connectivity index (χ1n) is 11.2. The van der Waals surface area contributed by atoms with Gasteiger partial charge in [-0.3, -0.25) is 14.9 Å². The summed E-state index contributed by atoms with van der Waals surface area (Å²) >= 11 is 4.47. The molecular formula is C25H23N5O2S3. The molecule has 0 bridgehead atoms. The summed E-state index contributed by atoms with van der Waals surface area (Å²) in [5.41, 5.74) is 1.91. The molecule has 0 spiro atoms. The van der Waals surface area contributed by atoms with E-state index in [0.29, 0.717) is 35.2 Å². The Bertz CT molecular complexity index is 1340. The van der Waals surface area contributed by atoms with Gasteiger partial charge in [0.25, 0.3) is 11.8 Å². The number of fused-ring (bicyclic) bond motifs is 1. The highest BCUT2D eigenvalue weighted by atomic mass is 32.2. The summed E-state index contributed by atoms with van der Waals surface area (Å²) in [7, 11) is 0. The number of likely N-dealkylation sites (tertiary alicyclic amines) is 1. The van der Waals surface area contributed by atoms with Gasteiger partial charge in [0.2, 0.25) is 0 Å². The number of piperidine rings is 1. The van der Waals surface area contributed by atoms with E-state index in [9.17, 15) is 9.59 Å². The number of aromatic nitrogens is 3. The Labute approximate surface area is 215 Å². The number of anilines is 1. The Kier molecular flexibility index (Phi) is 7.21. The Morgan fingerprint density at radius 2 is 2.00 bits per heavy atom. The average molecular weight is 522 g/mol. The Morgan fingerprint density at radius 1 is 1.17 bits per heavy atom. The third-order valence-electron chi connectivity index (χ3n) is 5.74. The van der Waals surface area contributed by atoms with Gasteiger partial charge in [0.05, 0.1) is 20.8 Å². The fourth-order valence-corrected chi connectivity index (χ4v) is 6.53. The molecule has 5 rings (SSSR count). The molecule has 1 saturated heterocycles. The molecule has 1 aliphatic heterocycles. The zero-order chi connectivity index (χ0) is 24.2. The summed E-state index contributed by atoms with van der Waals surface area (Å²) in [5, 5.41) is 6.92. The summed E-state index contributed by atoms with van der Waals surface area (Å²) in [4.78, 5) is 41.2. The average Bonchev–Trinajstić information content (AvgIpc) is 3.54. The Balaban J connectivity index is 1.20. The molecule has 178 valence electrons. The number of hydrogen-bond acceptors (Lipinski definition) is 8. The van der Waals surface area contributed by atoms with E-state index in [1.165, 1.54) is 34.4 Å². The molecule has 7 nitrogen and oxygen atoms in total. The van der Waals surface area contributed by atoms with E-state index in [4.69, 9.17) is 0 Å². The topological polar surface area (TPSA) is 88.1 Å². The van der Waals surface area contributed by atoms with E-state index in [0.717, 1.165) is 33.1 Å². The number of pyridine rings is 1. The maximum atomic E-state index is 13.1. The summed E-state index contributed by atoms with van der Waals surface area (Å²) in [5.74, 6) is 0.702. The van der Waals surface area contributed by atoms with Crippen LogP contribution in [0.15, 0.2) is 65.7 Å². The van der Waals surface area contributed by atoms with Crippen LogP contribution in [0.3, 0.4) is 0 Å². The van der Waals surface area contributed by atoms with E-state index < -0.39 is 0 Å². The minimum Gasteiger partial charge on any atom is -0.339 e. The second-order valence-corrected chi connectivity index (χ2v) is 11.0. The normalized spacial score (nSPS) is 14.2. The van der Waals surface area contributed by atoms with Crippen molar-refractivity contribution < 1.29 is 9.59 Å². The number of hydrogen-bond donors (Lipinski definition) is 1. The van der Waals surface area contributed by atoms with Crippen molar-refractivity contribution in [2.45, 2.75) is 23.8 Å². The molecule has 0 saturated carbocycles. The molecular weight excluding hydrogens is 499 g/mol. The van der Waals surface area contributed by atoms with Crippen molar-refractivity contribution >= 4 is 61.6 Å². The van der Waals surface area contributed by atoms with E-state index >= 15 is 0 Å². The fraction of sp³-hybridized carbons (Fsp3) is 0.240. The quantitative estimate of drug-likeness (QED) is 0.248. The van der Waals surface area contributed by atoms with Crippen molar-refractivity contribution in [1.29, 1.82) is 0 Å². The number of carbonyl (C=O) groups is 2. The van der Waals surface area contributed by atoms with Crippen LogP contribution in [0.1, 0.15) is 44.6 Å². The predicted molar refractivity (Wildman–Crippen MR) is 143 cm³/mol. The minimum atomic E-state index is -0.250. The fourth-order valence-electron chi connectivity index (χ4n) is 3.97. The highest BCUT2D eigenvalue weighted by molar-refractivity contribution is 7.99. The van der Waals surface area contributed by atoms with Crippen molar-refractivity contribution in [1.82, 2.24) is 19.9 Å². The maximum Gasteiger partial charge on any atom is 0.276 e. The number of nitrogens with zero attached hydrogens (tertiary/aromatic N) is 4. The highest BCUT2D eigenvalue weighted by Crippen LogP contribution is 2.32. The van der Waals surface area contributed by atoms with Gasteiger partial charge < -0.3 is 4.90 Å². The number of para-hydroxylation sites is 1. The Morgan fingerprint density at radius 3 is 2.80 bits per heavy atom. The van der Waals surface area contributed by atoms with Gasteiger partial charge in [-0.15, -0.1) is 29.7 Å². The van der Waals surface area contributed by atoms with Crippen LogP contribution in [-0.4, -0.2) is 50.5 Å². The molecule has 1 aliphatic rings. The van der Waals surface area contributed by atoms with Crippen molar-refractivity contribution in [3.8, 4) is 0 Å². The SMILES string of the molecule is C=CCSc1ncccc1C(=O)N1CCC(c2nc(C(=O)Nc3nc4ccccc4s3)cs2)CC1. The molecule has 1 aromatic carbocycles. The first-order chi connectivity index (χ1) is 17.1. The number of amides is 2. The molecule has 4 heterocycles. The van der Waals surface area contributed by atoms with Gasteiger partial charge in [0.1, 0.15) is 10.7 Å². The summed E-state index contributed by atoms with van der Waals surface area (Å²) < 4.78 is 1.03. The largest absolute Gasteiger partial charge is 0.339 e. The molecule has 1 N–H and O–H groups in total. The monoisotopic (exact) mass is 521 g/mol. The van der Waals surface area contributed by atoms with Crippen LogP contribution in [0.2, 0.25) is 0 Å². The molecule has 0 atom stereocenters. The van der Waals surface area contributed by atoms with Crippen molar-refractivity contribution in [3.05, 3.63) is 76.9 Å². The van der Waals surface area contributed by atoms with Crippen molar-refractivity contribution in [2.75, 3.05) is 24.2 Å². The minimum absolute atomic E-state index is 0.0122. The first-order valence-corrected chi connectivity index (χ1v) is 13.9. The van der Waals surface area contributed by atoms with E-state index in [1.54, 1.807) is 23.7 Å². The number of thioether (sulfide) groups is 1. The molecule has 35 heavy (non-hydrogen) atoms. The van der Waals surface area contributed by atoms with E-state index in [-0.39, 0.29) is 17.7 Å². The van der Waals surface area contributed by atoms with Gasteiger partial charge in [0, 0.05) is 36.3 Å². The number of benzene rings is 1. The van der Waals surface area contributed by atoms with Crippen molar-refractivity contribution in [3.63, 3.8) is 0 Å². The van der Waals surface area contributed by atoms with Crippen molar-refractivity contribution in [2.24, 2.45) is 0 Å². The molecule has 0 aliphatic carbocycles. The van der Waals surface area contributed by atoms with Crippen LogP contribution in [0.25, 0.3) is 10.2 Å². The molecule has 1 fully saturated rings. The van der Waals surface area contributed by atoms with Crippen LogP contribution < -0.4 is 5.32 Å². The van der Waals surface area contributed by atoms with Crippen LogP contribution in [0.5, 0.6) is 0 Å². The van der Waals surface area contributed by atoms with Gasteiger partial charge in [-0.05, 0) is 37.1 Å². The molecule has 3 aromatic heterocycles. The second-order valence-electron chi connectivity index (χ2n) is 8.03. The standard InChI is InChI=1S/C25H23N5O2S3/c1-2-14-33-23-17(6-5-11-26-23)24(32)30-12-9-16(10-13-30)22-27-19(15-34-22)21(31)29-25-28-18-7-3-4-8-20(18)35-25/h2-8,11,15-16H,1,9-10,12-14H2,(H,28,29,31). The van der Waals surface area contributed by atoms with Gasteiger partial charge in [-0.1, -0.05) is 29.5 Å². The van der Waals surface area contributed by atoms with E-state index in [2.05, 4.69) is 26.8 Å². The third-order valence-corrected chi connectivity index (χ3v) is 8.70. The van der Waals surface area contributed by atoms with Crippen LogP contribution in [-0.2, 0) is 0 Å². The predicted octanol–water partition coefficient (Wildman–Crippen LogP) is 5.70. The summed E-state index contributed by atoms with van der Waals surface area (Å²) in [6.07, 6.45) is 5.14. The first kappa shape index (κ1) is 23.7. The number of nitrogens with one attached hydrogen (secondary N) is 1. The van der Waals surface area contributed by atoms with Gasteiger partial charge in [0.15, 0.2) is 5.13 Å². The Hall–Kier alpha value is -3.08. The van der Waals surface area contributed by atoms with Crippen LogP contribution in [0, 0.1) is 0 Å². The molecule has 0 radical (unpaired) electrons. The zero-order valence-corrected chi connectivity index (χ0v) is 21.3. The highest BCUT2D eigenvalue weighted by Gasteiger charge is 2.28. The van der Waals surface area contributed by atoms with Gasteiger partial charge in [-0.2, -0.15) is 0 Å². The van der Waals surface area contributed by atoms with Crippen LogP contribution >= 0.6 is 34.4 Å². The molecule has 2 amide bonds. The lowest BCUT2D eigenvalue weighted by molar-refractivity contribution is 0.0708. The van der Waals surface area contributed by atoms with E-state index in [1.807, 2.05) is 35.2 Å². The lowest BCUT2D eigenvalue weighted by Crippen LogP contribution is -2.38. The molecule has 0 unspecified atom stereocenters. The van der Waals surface area contributed by atoms with Crippen LogP contribution in [0.4, 0.5) is 5.13 Å².